The number of imidazole rings is 1. The third kappa shape index (κ3) is 4.09. The van der Waals surface area contributed by atoms with E-state index in [1.165, 1.54) is 6.92 Å². The van der Waals surface area contributed by atoms with E-state index in [9.17, 15) is 4.39 Å². The molecule has 0 spiro atoms. The molecule has 1 unspecified atom stereocenters. The molecule has 0 aromatic carbocycles. The van der Waals surface area contributed by atoms with E-state index < -0.39 is 5.50 Å². The SMILES string of the molecule is C/C=C\c1nc(CC)c(N(C)C(=N)SC(C)F)n1C(C)C. The van der Waals surface area contributed by atoms with Crippen LogP contribution in [0.3, 0.4) is 0 Å². The Bertz CT molecular complexity index is 520. The highest BCUT2D eigenvalue weighted by Gasteiger charge is 2.23. The summed E-state index contributed by atoms with van der Waals surface area (Å²) in [6.45, 7) is 9.61. The highest BCUT2D eigenvalue weighted by atomic mass is 32.2. The molecule has 0 fully saturated rings. The van der Waals surface area contributed by atoms with E-state index in [0.717, 1.165) is 35.5 Å². The lowest BCUT2D eigenvalue weighted by atomic mass is 10.3. The van der Waals surface area contributed by atoms with Gasteiger partial charge in [0.1, 0.15) is 17.1 Å². The number of aryl methyl sites for hydroxylation is 1. The molecule has 0 amide bonds. The van der Waals surface area contributed by atoms with Gasteiger partial charge in [-0.15, -0.1) is 0 Å². The number of halogens is 1. The molecule has 0 bridgehead atoms. The predicted molar refractivity (Wildman–Crippen MR) is 91.0 cm³/mol. The molecule has 1 heterocycles. The number of hydrogen-bond donors (Lipinski definition) is 1. The number of hydrogen-bond acceptors (Lipinski definition) is 3. The first-order valence-electron chi connectivity index (χ1n) is 7.20. The van der Waals surface area contributed by atoms with E-state index in [4.69, 9.17) is 5.41 Å². The third-order valence-electron chi connectivity index (χ3n) is 3.05. The van der Waals surface area contributed by atoms with Crippen molar-refractivity contribution in [3.05, 3.63) is 17.6 Å². The van der Waals surface area contributed by atoms with Gasteiger partial charge in [-0.2, -0.15) is 0 Å². The van der Waals surface area contributed by atoms with Gasteiger partial charge in [0.15, 0.2) is 5.17 Å². The second-order valence-electron chi connectivity index (χ2n) is 5.08. The smallest absolute Gasteiger partial charge is 0.164 e. The lowest BCUT2D eigenvalue weighted by molar-refractivity contribution is 0.485. The Hall–Kier alpha value is -1.30. The Morgan fingerprint density at radius 2 is 2.10 bits per heavy atom. The van der Waals surface area contributed by atoms with Crippen molar-refractivity contribution in [1.82, 2.24) is 9.55 Å². The van der Waals surface area contributed by atoms with Crippen molar-refractivity contribution in [2.75, 3.05) is 11.9 Å². The highest BCUT2D eigenvalue weighted by molar-refractivity contribution is 8.14. The van der Waals surface area contributed by atoms with E-state index in [2.05, 4.69) is 23.4 Å². The van der Waals surface area contributed by atoms with Crippen LogP contribution >= 0.6 is 11.8 Å². The number of nitrogens with zero attached hydrogens (tertiary/aromatic N) is 3. The summed E-state index contributed by atoms with van der Waals surface area (Å²) < 4.78 is 15.3. The molecule has 4 nitrogen and oxygen atoms in total. The minimum atomic E-state index is -1.10. The monoisotopic (exact) mass is 312 g/mol. The molecule has 0 aliphatic carbocycles. The van der Waals surface area contributed by atoms with Crippen LogP contribution in [0.25, 0.3) is 6.08 Å². The average molecular weight is 312 g/mol. The van der Waals surface area contributed by atoms with Gasteiger partial charge in [-0.1, -0.05) is 24.8 Å². The Labute approximate surface area is 130 Å². The van der Waals surface area contributed by atoms with E-state index in [1.807, 2.05) is 26.0 Å². The molecule has 0 aliphatic heterocycles. The Kier molecular flexibility index (Phi) is 6.45. The molecule has 1 rings (SSSR count). The first-order chi connectivity index (χ1) is 9.83. The molecule has 0 saturated carbocycles. The van der Waals surface area contributed by atoms with Crippen molar-refractivity contribution in [3.8, 4) is 0 Å². The number of allylic oxidation sites excluding steroid dienone is 1. The van der Waals surface area contributed by atoms with Crippen LogP contribution < -0.4 is 4.90 Å². The number of anilines is 1. The fourth-order valence-electron chi connectivity index (χ4n) is 2.19. The van der Waals surface area contributed by atoms with Crippen LogP contribution in [0.2, 0.25) is 0 Å². The minimum Gasteiger partial charge on any atom is -0.309 e. The summed E-state index contributed by atoms with van der Waals surface area (Å²) in [6, 6.07) is 0.210. The lowest BCUT2D eigenvalue weighted by Crippen LogP contribution is -2.28. The quantitative estimate of drug-likeness (QED) is 0.644. The van der Waals surface area contributed by atoms with Crippen LogP contribution in [0, 0.1) is 5.41 Å². The largest absolute Gasteiger partial charge is 0.309 e. The summed E-state index contributed by atoms with van der Waals surface area (Å²) in [4.78, 5) is 6.38. The summed E-state index contributed by atoms with van der Waals surface area (Å²) >= 11 is 0.903. The lowest BCUT2D eigenvalue weighted by Gasteiger charge is -2.24. The molecule has 1 aromatic heterocycles. The molecule has 1 aromatic rings. The second kappa shape index (κ2) is 7.64. The maximum atomic E-state index is 13.2. The van der Waals surface area contributed by atoms with Crippen LogP contribution in [-0.2, 0) is 6.42 Å². The van der Waals surface area contributed by atoms with E-state index >= 15 is 0 Å². The van der Waals surface area contributed by atoms with Crippen LogP contribution in [0.5, 0.6) is 0 Å². The van der Waals surface area contributed by atoms with E-state index in [1.54, 1.807) is 11.9 Å². The number of nitrogens with one attached hydrogen (secondary N) is 1. The van der Waals surface area contributed by atoms with Crippen molar-refractivity contribution >= 4 is 28.8 Å². The van der Waals surface area contributed by atoms with Gasteiger partial charge >= 0.3 is 0 Å². The van der Waals surface area contributed by atoms with Gasteiger partial charge in [-0.3, -0.25) is 5.41 Å². The first-order valence-corrected chi connectivity index (χ1v) is 8.08. The third-order valence-corrected chi connectivity index (χ3v) is 3.87. The minimum absolute atomic E-state index is 0.188. The molecule has 0 radical (unpaired) electrons. The molecular formula is C15H25FN4S. The molecule has 6 heteroatoms. The maximum Gasteiger partial charge on any atom is 0.164 e. The second-order valence-corrected chi connectivity index (χ2v) is 6.35. The van der Waals surface area contributed by atoms with E-state index in [0.29, 0.717) is 0 Å². The number of alkyl halides is 1. The molecule has 1 N–H and O–H groups in total. The molecule has 118 valence electrons. The summed E-state index contributed by atoms with van der Waals surface area (Å²) in [5.74, 6) is 1.75. The average Bonchev–Trinajstić information content (AvgIpc) is 2.76. The topological polar surface area (TPSA) is 44.9 Å². The Morgan fingerprint density at radius 3 is 2.52 bits per heavy atom. The van der Waals surface area contributed by atoms with Gasteiger partial charge < -0.3 is 9.47 Å². The van der Waals surface area contributed by atoms with Crippen molar-refractivity contribution in [2.45, 2.75) is 52.6 Å². The van der Waals surface area contributed by atoms with Crippen LogP contribution in [0.4, 0.5) is 10.2 Å². The number of thioether (sulfide) groups is 1. The standard InChI is InChI=1S/C15H25FN4S/c1-7-9-13-18-12(8-2)14(20(13)10(3)4)19(6)15(17)21-11(5)16/h7,9-11,17H,8H2,1-6H3/b9-7-,17-15?. The van der Waals surface area contributed by atoms with Gasteiger partial charge in [-0.25, -0.2) is 9.37 Å². The van der Waals surface area contributed by atoms with Gasteiger partial charge in [0.2, 0.25) is 0 Å². The normalized spacial score (nSPS) is 13.1. The van der Waals surface area contributed by atoms with Crippen molar-refractivity contribution < 1.29 is 4.39 Å². The van der Waals surface area contributed by atoms with Gasteiger partial charge in [0.25, 0.3) is 0 Å². The fraction of sp³-hybridized carbons (Fsp3) is 0.600. The molecule has 0 saturated heterocycles. The van der Waals surface area contributed by atoms with Crippen LogP contribution in [0.1, 0.15) is 52.2 Å². The summed E-state index contributed by atoms with van der Waals surface area (Å²) in [5.41, 5.74) is -0.174. The number of rotatable bonds is 5. The van der Waals surface area contributed by atoms with Crippen LogP contribution in [-0.4, -0.2) is 27.3 Å². The highest BCUT2D eigenvalue weighted by Crippen LogP contribution is 2.29. The Morgan fingerprint density at radius 1 is 1.48 bits per heavy atom. The summed E-state index contributed by atoms with van der Waals surface area (Å²) in [6.07, 6.45) is 4.69. The van der Waals surface area contributed by atoms with Gasteiger partial charge in [0, 0.05) is 13.1 Å². The maximum absolute atomic E-state index is 13.2. The molecule has 1 atom stereocenters. The van der Waals surface area contributed by atoms with Crippen molar-refractivity contribution in [2.24, 2.45) is 0 Å². The van der Waals surface area contributed by atoms with Crippen molar-refractivity contribution in [1.29, 1.82) is 5.41 Å². The molecule has 0 aliphatic rings. The zero-order chi connectivity index (χ0) is 16.2. The van der Waals surface area contributed by atoms with Crippen LogP contribution in [0.15, 0.2) is 6.08 Å². The zero-order valence-corrected chi connectivity index (χ0v) is 14.5. The summed E-state index contributed by atoms with van der Waals surface area (Å²) in [7, 11) is 1.80. The Balaban J connectivity index is 3.34. The summed E-state index contributed by atoms with van der Waals surface area (Å²) in [5, 5.41) is 8.26. The predicted octanol–water partition coefficient (Wildman–Crippen LogP) is 4.48. The fourth-order valence-corrected chi connectivity index (χ4v) is 2.74. The van der Waals surface area contributed by atoms with Gasteiger partial charge in [-0.05, 0) is 40.2 Å². The van der Waals surface area contributed by atoms with Crippen molar-refractivity contribution in [3.63, 3.8) is 0 Å². The number of amidine groups is 1. The zero-order valence-electron chi connectivity index (χ0n) is 13.6. The first kappa shape index (κ1) is 17.8. The molecule has 21 heavy (non-hydrogen) atoms. The molecular weight excluding hydrogens is 287 g/mol. The van der Waals surface area contributed by atoms with Gasteiger partial charge in [0.05, 0.1) is 5.69 Å². The number of aromatic nitrogens is 2. The van der Waals surface area contributed by atoms with E-state index in [-0.39, 0.29) is 11.2 Å².